The SMILES string of the molecule is O=C(Nc1ccn(Cc2c(Cl)cccc2Cl)n1)c1ccc(Cn2cccn2)o1. The monoisotopic (exact) mass is 415 g/mol. The highest BCUT2D eigenvalue weighted by molar-refractivity contribution is 6.35. The molecule has 0 aliphatic rings. The number of halogens is 2. The first-order chi connectivity index (χ1) is 13.6. The largest absolute Gasteiger partial charge is 0.454 e. The molecule has 142 valence electrons. The number of anilines is 1. The van der Waals surface area contributed by atoms with Gasteiger partial charge in [0.25, 0.3) is 5.91 Å². The van der Waals surface area contributed by atoms with Crippen molar-refractivity contribution in [1.29, 1.82) is 0 Å². The van der Waals surface area contributed by atoms with Gasteiger partial charge in [-0.2, -0.15) is 10.2 Å². The molecule has 0 spiro atoms. The fourth-order valence-electron chi connectivity index (χ4n) is 2.68. The summed E-state index contributed by atoms with van der Waals surface area (Å²) in [6.07, 6.45) is 5.24. The molecule has 0 bridgehead atoms. The Hall–Kier alpha value is -3.03. The molecule has 9 heteroatoms. The van der Waals surface area contributed by atoms with E-state index in [-0.39, 0.29) is 11.7 Å². The first-order valence-corrected chi connectivity index (χ1v) is 9.18. The van der Waals surface area contributed by atoms with Crippen molar-refractivity contribution in [2.45, 2.75) is 13.1 Å². The Morgan fingerprint density at radius 3 is 2.57 bits per heavy atom. The van der Waals surface area contributed by atoms with Crippen molar-refractivity contribution < 1.29 is 9.21 Å². The highest BCUT2D eigenvalue weighted by Crippen LogP contribution is 2.25. The maximum atomic E-state index is 12.4. The predicted octanol–water partition coefficient (Wildman–Crippen LogP) is 4.33. The third kappa shape index (κ3) is 4.11. The third-order valence-corrected chi connectivity index (χ3v) is 4.73. The van der Waals surface area contributed by atoms with E-state index in [1.165, 1.54) is 0 Å². The number of rotatable bonds is 6. The van der Waals surface area contributed by atoms with Gasteiger partial charge in [0, 0.05) is 40.3 Å². The predicted molar refractivity (Wildman–Crippen MR) is 106 cm³/mol. The fraction of sp³-hybridized carbons (Fsp3) is 0.105. The minimum absolute atomic E-state index is 0.200. The summed E-state index contributed by atoms with van der Waals surface area (Å²) in [5.41, 5.74) is 0.765. The van der Waals surface area contributed by atoms with Gasteiger partial charge in [-0.25, -0.2) is 0 Å². The second-order valence-electron chi connectivity index (χ2n) is 6.02. The maximum absolute atomic E-state index is 12.4. The van der Waals surface area contributed by atoms with E-state index >= 15 is 0 Å². The van der Waals surface area contributed by atoms with Crippen LogP contribution >= 0.6 is 23.2 Å². The second kappa shape index (κ2) is 7.92. The van der Waals surface area contributed by atoms with Crippen LogP contribution < -0.4 is 5.32 Å². The Balaban J connectivity index is 1.41. The molecule has 0 fully saturated rings. The summed E-state index contributed by atoms with van der Waals surface area (Å²) >= 11 is 12.4. The topological polar surface area (TPSA) is 77.9 Å². The number of hydrogen-bond donors (Lipinski definition) is 1. The molecule has 0 radical (unpaired) electrons. The maximum Gasteiger partial charge on any atom is 0.292 e. The van der Waals surface area contributed by atoms with Crippen LogP contribution in [0.5, 0.6) is 0 Å². The molecule has 1 N–H and O–H groups in total. The molecule has 0 saturated carbocycles. The second-order valence-corrected chi connectivity index (χ2v) is 6.84. The third-order valence-electron chi connectivity index (χ3n) is 4.03. The number of carbonyl (C=O) groups is 1. The van der Waals surface area contributed by atoms with Gasteiger partial charge in [0.15, 0.2) is 11.6 Å². The molecular weight excluding hydrogens is 401 g/mol. The fourth-order valence-corrected chi connectivity index (χ4v) is 3.20. The molecule has 0 aliphatic heterocycles. The quantitative estimate of drug-likeness (QED) is 0.508. The van der Waals surface area contributed by atoms with Gasteiger partial charge in [0.05, 0.1) is 13.1 Å². The van der Waals surface area contributed by atoms with Crippen LogP contribution in [-0.2, 0) is 13.1 Å². The number of nitrogens with one attached hydrogen (secondary N) is 1. The smallest absolute Gasteiger partial charge is 0.292 e. The van der Waals surface area contributed by atoms with E-state index < -0.39 is 0 Å². The van der Waals surface area contributed by atoms with Gasteiger partial charge in [-0.3, -0.25) is 14.2 Å². The minimum atomic E-state index is -0.382. The minimum Gasteiger partial charge on any atom is -0.454 e. The summed E-state index contributed by atoms with van der Waals surface area (Å²) in [7, 11) is 0. The summed E-state index contributed by atoms with van der Waals surface area (Å²) in [6.45, 7) is 0.844. The number of amides is 1. The standard InChI is InChI=1S/C19H15Cl2N5O2/c20-15-3-1-4-16(21)14(15)12-26-10-7-18(24-26)23-19(27)17-6-5-13(28-17)11-25-9-2-8-22-25/h1-10H,11-12H2,(H,23,24,27). The normalized spacial score (nSPS) is 10.9. The summed E-state index contributed by atoms with van der Waals surface area (Å²) in [4.78, 5) is 12.4. The number of aromatic nitrogens is 4. The van der Waals surface area contributed by atoms with E-state index in [0.29, 0.717) is 34.7 Å². The Bertz CT molecular complexity index is 1080. The van der Waals surface area contributed by atoms with Crippen LogP contribution in [0.4, 0.5) is 5.82 Å². The van der Waals surface area contributed by atoms with Gasteiger partial charge >= 0.3 is 0 Å². The van der Waals surface area contributed by atoms with Gasteiger partial charge in [0.2, 0.25) is 0 Å². The Morgan fingerprint density at radius 2 is 1.82 bits per heavy atom. The molecule has 3 heterocycles. The van der Waals surface area contributed by atoms with E-state index in [1.54, 1.807) is 58.2 Å². The van der Waals surface area contributed by atoms with Crippen LogP contribution in [-0.4, -0.2) is 25.5 Å². The zero-order chi connectivity index (χ0) is 19.5. The summed E-state index contributed by atoms with van der Waals surface area (Å²) < 4.78 is 8.94. The van der Waals surface area contributed by atoms with Crippen molar-refractivity contribution in [3.8, 4) is 0 Å². The van der Waals surface area contributed by atoms with Crippen molar-refractivity contribution in [1.82, 2.24) is 19.6 Å². The molecule has 3 aromatic heterocycles. The van der Waals surface area contributed by atoms with Gasteiger partial charge < -0.3 is 9.73 Å². The summed E-state index contributed by atoms with van der Waals surface area (Å²) in [5, 5.41) is 12.3. The van der Waals surface area contributed by atoms with E-state index in [4.69, 9.17) is 27.6 Å². The molecule has 0 aliphatic carbocycles. The molecule has 1 amide bonds. The summed E-state index contributed by atoms with van der Waals surface area (Å²) in [6, 6.07) is 12.2. The summed E-state index contributed by atoms with van der Waals surface area (Å²) in [5.74, 6) is 0.851. The lowest BCUT2D eigenvalue weighted by Crippen LogP contribution is -2.12. The van der Waals surface area contributed by atoms with Gasteiger partial charge in [-0.05, 0) is 30.3 Å². The van der Waals surface area contributed by atoms with Crippen molar-refractivity contribution >= 4 is 34.9 Å². The van der Waals surface area contributed by atoms with E-state index in [2.05, 4.69) is 15.5 Å². The molecular formula is C19H15Cl2N5O2. The molecule has 7 nitrogen and oxygen atoms in total. The average molecular weight is 416 g/mol. The molecule has 0 saturated heterocycles. The van der Waals surface area contributed by atoms with Crippen LogP contribution in [0.3, 0.4) is 0 Å². The molecule has 0 atom stereocenters. The number of carbonyl (C=O) groups excluding carboxylic acids is 1. The zero-order valence-corrected chi connectivity index (χ0v) is 16.1. The first-order valence-electron chi connectivity index (χ1n) is 8.42. The average Bonchev–Trinajstić information content (AvgIpc) is 3.41. The number of nitrogens with zero attached hydrogens (tertiary/aromatic N) is 4. The van der Waals surface area contributed by atoms with Crippen LogP contribution in [0.2, 0.25) is 10.0 Å². The van der Waals surface area contributed by atoms with Crippen LogP contribution in [0.25, 0.3) is 0 Å². The first kappa shape index (κ1) is 18.3. The molecule has 1 aromatic carbocycles. The lowest BCUT2D eigenvalue weighted by molar-refractivity contribution is 0.0994. The van der Waals surface area contributed by atoms with Crippen LogP contribution in [0.1, 0.15) is 21.9 Å². The molecule has 4 aromatic rings. The lowest BCUT2D eigenvalue weighted by atomic mass is 10.2. The molecule has 4 rings (SSSR count). The van der Waals surface area contributed by atoms with Crippen molar-refractivity contribution in [3.63, 3.8) is 0 Å². The Labute approximate surface area is 170 Å². The highest BCUT2D eigenvalue weighted by atomic mass is 35.5. The number of hydrogen-bond acceptors (Lipinski definition) is 4. The van der Waals surface area contributed by atoms with Crippen LogP contribution in [0, 0.1) is 0 Å². The zero-order valence-electron chi connectivity index (χ0n) is 14.5. The number of furan rings is 1. The lowest BCUT2D eigenvalue weighted by Gasteiger charge is -2.06. The van der Waals surface area contributed by atoms with Crippen LogP contribution in [0.15, 0.2) is 65.5 Å². The van der Waals surface area contributed by atoms with Crippen molar-refractivity contribution in [2.75, 3.05) is 5.32 Å². The van der Waals surface area contributed by atoms with Gasteiger partial charge in [-0.1, -0.05) is 29.3 Å². The van der Waals surface area contributed by atoms with Crippen molar-refractivity contribution in [3.05, 3.63) is 88.2 Å². The Kier molecular flexibility index (Phi) is 5.18. The highest BCUT2D eigenvalue weighted by Gasteiger charge is 2.14. The van der Waals surface area contributed by atoms with E-state index in [9.17, 15) is 4.79 Å². The van der Waals surface area contributed by atoms with E-state index in [1.807, 2.05) is 12.3 Å². The van der Waals surface area contributed by atoms with Crippen molar-refractivity contribution in [2.24, 2.45) is 0 Å². The van der Waals surface area contributed by atoms with Gasteiger partial charge in [0.1, 0.15) is 5.76 Å². The molecule has 28 heavy (non-hydrogen) atoms. The number of benzene rings is 1. The Morgan fingerprint density at radius 1 is 1.00 bits per heavy atom. The van der Waals surface area contributed by atoms with E-state index in [0.717, 1.165) is 5.56 Å². The molecule has 0 unspecified atom stereocenters. The van der Waals surface area contributed by atoms with Gasteiger partial charge in [-0.15, -0.1) is 0 Å².